The Balaban J connectivity index is 1.43. The van der Waals surface area contributed by atoms with E-state index >= 15 is 0 Å². The molecule has 1 aromatic heterocycles. The maximum absolute atomic E-state index is 10.6. The first-order valence-corrected chi connectivity index (χ1v) is 8.41. The highest BCUT2D eigenvalue weighted by molar-refractivity contribution is 5.45. The number of aromatic nitrogens is 3. The molecule has 2 aliphatic rings. The second-order valence-corrected chi connectivity index (χ2v) is 6.30. The molecule has 128 valence electrons. The van der Waals surface area contributed by atoms with Crippen LogP contribution in [0.1, 0.15) is 30.7 Å². The monoisotopic (exact) mass is 330 g/mol. The van der Waals surface area contributed by atoms with Gasteiger partial charge < -0.3 is 14.6 Å². The standard InChI is InChI=1S/C17H22N4O3/c1-2-21-17(18-10-19-21)9-20-6-5-13(14(22)8-20)12-3-4-15-16(7-12)24-11-23-15/h3-4,7,10,13-14,22H,2,5-6,8-9,11H2,1H3/t13-,14+/m0/s1. The van der Waals surface area contributed by atoms with Crippen LogP contribution in [0.5, 0.6) is 11.5 Å². The molecule has 1 aromatic carbocycles. The van der Waals surface area contributed by atoms with Crippen molar-refractivity contribution in [3.8, 4) is 11.5 Å². The molecular weight excluding hydrogens is 308 g/mol. The van der Waals surface area contributed by atoms with Crippen molar-refractivity contribution < 1.29 is 14.6 Å². The smallest absolute Gasteiger partial charge is 0.231 e. The summed E-state index contributed by atoms with van der Waals surface area (Å²) in [5.41, 5.74) is 1.11. The van der Waals surface area contributed by atoms with Gasteiger partial charge in [-0.1, -0.05) is 6.07 Å². The minimum atomic E-state index is -0.405. The van der Waals surface area contributed by atoms with E-state index in [0.29, 0.717) is 6.54 Å². The van der Waals surface area contributed by atoms with E-state index < -0.39 is 6.10 Å². The number of hydrogen-bond acceptors (Lipinski definition) is 6. The van der Waals surface area contributed by atoms with Crippen LogP contribution < -0.4 is 9.47 Å². The number of benzene rings is 1. The molecule has 1 N–H and O–H groups in total. The van der Waals surface area contributed by atoms with E-state index in [1.165, 1.54) is 0 Å². The van der Waals surface area contributed by atoms with Crippen LogP contribution in [-0.2, 0) is 13.1 Å². The molecule has 2 aromatic rings. The Hall–Kier alpha value is -2.12. The highest BCUT2D eigenvalue weighted by atomic mass is 16.7. The number of aliphatic hydroxyl groups is 1. The SMILES string of the molecule is CCn1ncnc1CN1CC[C@@H](c2ccc3c(c2)OCO3)[C@H](O)C1. The molecule has 0 aliphatic carbocycles. The summed E-state index contributed by atoms with van der Waals surface area (Å²) in [5, 5.41) is 14.8. The Kier molecular flexibility index (Phi) is 4.12. The van der Waals surface area contributed by atoms with Gasteiger partial charge in [-0.15, -0.1) is 0 Å². The maximum Gasteiger partial charge on any atom is 0.231 e. The summed E-state index contributed by atoms with van der Waals surface area (Å²) in [5.74, 6) is 2.63. The number of β-amino-alcohol motifs (C(OH)–C–C–N with tert-alkyl or cyclic N) is 1. The maximum atomic E-state index is 10.6. The Morgan fingerprint density at radius 3 is 3.00 bits per heavy atom. The molecule has 1 fully saturated rings. The van der Waals surface area contributed by atoms with Gasteiger partial charge >= 0.3 is 0 Å². The molecule has 7 heteroatoms. The number of piperidine rings is 1. The lowest BCUT2D eigenvalue weighted by atomic mass is 9.87. The molecule has 7 nitrogen and oxygen atoms in total. The van der Waals surface area contributed by atoms with Crippen molar-refractivity contribution in [1.82, 2.24) is 19.7 Å². The summed E-state index contributed by atoms with van der Waals surface area (Å²) < 4.78 is 12.7. The molecule has 4 rings (SSSR count). The number of aryl methyl sites for hydroxylation is 1. The van der Waals surface area contributed by atoms with Gasteiger partial charge in [-0.3, -0.25) is 4.90 Å². The molecule has 1 saturated heterocycles. The van der Waals surface area contributed by atoms with E-state index in [-0.39, 0.29) is 12.7 Å². The summed E-state index contributed by atoms with van der Waals surface area (Å²) >= 11 is 0. The fourth-order valence-electron chi connectivity index (χ4n) is 3.55. The Morgan fingerprint density at radius 1 is 1.29 bits per heavy atom. The molecule has 0 bridgehead atoms. The van der Waals surface area contributed by atoms with Crippen LogP contribution in [0.3, 0.4) is 0 Å². The molecule has 3 heterocycles. The molecule has 2 aliphatic heterocycles. The molecule has 0 saturated carbocycles. The third-order valence-electron chi connectivity index (χ3n) is 4.85. The molecule has 0 radical (unpaired) electrons. The number of fused-ring (bicyclic) bond motifs is 1. The van der Waals surface area contributed by atoms with Crippen molar-refractivity contribution in [2.75, 3.05) is 19.9 Å². The third kappa shape index (κ3) is 2.85. The summed E-state index contributed by atoms with van der Waals surface area (Å²) in [6, 6.07) is 5.96. The van der Waals surface area contributed by atoms with Crippen LogP contribution in [0.15, 0.2) is 24.5 Å². The molecule has 2 atom stereocenters. The van der Waals surface area contributed by atoms with Crippen LogP contribution in [0.4, 0.5) is 0 Å². The average molecular weight is 330 g/mol. The van der Waals surface area contributed by atoms with Crippen molar-refractivity contribution in [2.24, 2.45) is 0 Å². The van der Waals surface area contributed by atoms with Gasteiger partial charge in [-0.25, -0.2) is 9.67 Å². The number of ether oxygens (including phenoxy) is 2. The minimum absolute atomic E-state index is 0.125. The largest absolute Gasteiger partial charge is 0.454 e. The van der Waals surface area contributed by atoms with E-state index in [2.05, 4.69) is 21.9 Å². The summed E-state index contributed by atoms with van der Waals surface area (Å²) in [6.45, 7) is 5.42. The third-order valence-corrected chi connectivity index (χ3v) is 4.85. The lowest BCUT2D eigenvalue weighted by molar-refractivity contribution is 0.0458. The highest BCUT2D eigenvalue weighted by Crippen LogP contribution is 2.37. The molecule has 0 spiro atoms. The van der Waals surface area contributed by atoms with Gasteiger partial charge in [0.05, 0.1) is 12.6 Å². The Labute approximate surface area is 140 Å². The van der Waals surface area contributed by atoms with Crippen LogP contribution in [0, 0.1) is 0 Å². The summed E-state index contributed by atoms with van der Waals surface area (Å²) in [6.07, 6.45) is 2.09. The van der Waals surface area contributed by atoms with Crippen molar-refractivity contribution >= 4 is 0 Å². The van der Waals surface area contributed by atoms with E-state index in [1.807, 2.05) is 22.9 Å². The molecule has 0 amide bonds. The minimum Gasteiger partial charge on any atom is -0.454 e. The van der Waals surface area contributed by atoms with Gasteiger partial charge in [0.2, 0.25) is 6.79 Å². The first kappa shape index (κ1) is 15.4. The number of rotatable bonds is 4. The fourth-order valence-corrected chi connectivity index (χ4v) is 3.55. The predicted molar refractivity (Wildman–Crippen MR) is 86.9 cm³/mol. The van der Waals surface area contributed by atoms with Crippen LogP contribution in [-0.4, -0.2) is 50.8 Å². The quantitative estimate of drug-likeness (QED) is 0.913. The second-order valence-electron chi connectivity index (χ2n) is 6.30. The zero-order chi connectivity index (χ0) is 16.5. The first-order chi connectivity index (χ1) is 11.7. The summed E-state index contributed by atoms with van der Waals surface area (Å²) in [7, 11) is 0. The lowest BCUT2D eigenvalue weighted by Crippen LogP contribution is -2.42. The van der Waals surface area contributed by atoms with Gasteiger partial charge in [0.15, 0.2) is 11.5 Å². The Bertz CT molecular complexity index is 718. The predicted octanol–water partition coefficient (Wildman–Crippen LogP) is 1.38. The fraction of sp³-hybridized carbons (Fsp3) is 0.529. The molecule has 0 unspecified atom stereocenters. The number of aliphatic hydroxyl groups excluding tert-OH is 1. The van der Waals surface area contributed by atoms with E-state index in [9.17, 15) is 5.11 Å². The average Bonchev–Trinajstić information content (AvgIpc) is 3.23. The van der Waals surface area contributed by atoms with Crippen LogP contribution in [0.25, 0.3) is 0 Å². The van der Waals surface area contributed by atoms with Crippen LogP contribution in [0.2, 0.25) is 0 Å². The Morgan fingerprint density at radius 2 is 2.17 bits per heavy atom. The van der Waals surface area contributed by atoms with Crippen molar-refractivity contribution in [2.45, 2.75) is 38.5 Å². The summed E-state index contributed by atoms with van der Waals surface area (Å²) in [4.78, 5) is 6.56. The molecule has 24 heavy (non-hydrogen) atoms. The van der Waals surface area contributed by atoms with E-state index in [4.69, 9.17) is 9.47 Å². The lowest BCUT2D eigenvalue weighted by Gasteiger charge is -2.36. The first-order valence-electron chi connectivity index (χ1n) is 8.41. The van der Waals surface area contributed by atoms with Crippen LogP contribution >= 0.6 is 0 Å². The number of nitrogens with zero attached hydrogens (tertiary/aromatic N) is 4. The second kappa shape index (κ2) is 6.41. The zero-order valence-corrected chi connectivity index (χ0v) is 13.8. The zero-order valence-electron chi connectivity index (χ0n) is 13.8. The van der Waals surface area contributed by atoms with Crippen molar-refractivity contribution in [1.29, 1.82) is 0 Å². The van der Waals surface area contributed by atoms with Gasteiger partial charge in [0.1, 0.15) is 12.2 Å². The van der Waals surface area contributed by atoms with Gasteiger partial charge in [0.25, 0.3) is 0 Å². The topological polar surface area (TPSA) is 72.6 Å². The normalized spacial score (nSPS) is 23.6. The number of likely N-dealkylation sites (tertiary alicyclic amines) is 1. The van der Waals surface area contributed by atoms with Crippen molar-refractivity contribution in [3.63, 3.8) is 0 Å². The molecular formula is C17H22N4O3. The van der Waals surface area contributed by atoms with Gasteiger partial charge in [-0.05, 0) is 37.6 Å². The van der Waals surface area contributed by atoms with Crippen molar-refractivity contribution in [3.05, 3.63) is 35.9 Å². The van der Waals surface area contributed by atoms with E-state index in [1.54, 1.807) is 6.33 Å². The van der Waals surface area contributed by atoms with Gasteiger partial charge in [-0.2, -0.15) is 5.10 Å². The van der Waals surface area contributed by atoms with Gasteiger partial charge in [0, 0.05) is 19.0 Å². The highest BCUT2D eigenvalue weighted by Gasteiger charge is 2.30. The van der Waals surface area contributed by atoms with E-state index in [0.717, 1.165) is 48.9 Å². The number of hydrogen-bond donors (Lipinski definition) is 1.